The highest BCUT2D eigenvalue weighted by Crippen LogP contribution is 2.19. The lowest BCUT2D eigenvalue weighted by Crippen LogP contribution is -2.52. The Morgan fingerprint density at radius 1 is 0.744 bits per heavy atom. The van der Waals surface area contributed by atoms with E-state index in [-0.39, 0.29) is 31.0 Å². The van der Waals surface area contributed by atoms with Crippen LogP contribution in [0.25, 0.3) is 10.9 Å². The zero-order chi connectivity index (χ0) is 31.2. The summed E-state index contributed by atoms with van der Waals surface area (Å²) in [4.78, 5) is 76.3. The Balaban J connectivity index is 1.55. The first-order valence-corrected chi connectivity index (χ1v) is 14.1. The van der Waals surface area contributed by atoms with E-state index in [1.54, 1.807) is 6.20 Å². The fourth-order valence-corrected chi connectivity index (χ4v) is 4.36. The van der Waals surface area contributed by atoms with Gasteiger partial charge in [0.1, 0.15) is 12.1 Å². The van der Waals surface area contributed by atoms with Gasteiger partial charge in [0.2, 0.25) is 29.5 Å². The minimum absolute atomic E-state index is 0.0911. The molecule has 7 N–H and O–H groups in total. The van der Waals surface area contributed by atoms with Crippen LogP contribution in [0.15, 0.2) is 60.8 Å². The number of benzene rings is 2. The summed E-state index contributed by atoms with van der Waals surface area (Å²) in [6.07, 6.45) is 2.52. The molecule has 14 heteroatoms. The fraction of sp³-hybridized carbons (Fsp3) is 0.310. The number of rotatable bonds is 16. The van der Waals surface area contributed by atoms with Crippen molar-refractivity contribution < 1.29 is 33.9 Å². The lowest BCUT2D eigenvalue weighted by atomic mass is 10.0. The van der Waals surface area contributed by atoms with Gasteiger partial charge in [0.15, 0.2) is 0 Å². The molecule has 1 aromatic heterocycles. The van der Waals surface area contributed by atoms with Crippen molar-refractivity contribution in [3.8, 4) is 0 Å². The normalized spacial score (nSPS) is 12.0. The number of carbonyl (C=O) groups excluding carboxylic acids is 5. The van der Waals surface area contributed by atoms with E-state index in [2.05, 4.69) is 44.2 Å². The maximum Gasteiger partial charge on any atom is 0.327 e. The summed E-state index contributed by atoms with van der Waals surface area (Å²) in [5, 5.41) is 22.0. The molecule has 0 radical (unpaired) electrons. The van der Waals surface area contributed by atoms with E-state index in [0.717, 1.165) is 22.0 Å². The maximum absolute atomic E-state index is 13.1. The minimum atomic E-state index is -1.27. The highest BCUT2D eigenvalue weighted by atomic mass is 32.1. The lowest BCUT2D eigenvalue weighted by molar-refractivity contribution is -0.141. The molecule has 0 saturated heterocycles. The van der Waals surface area contributed by atoms with E-state index >= 15 is 0 Å². The average molecular weight is 611 g/mol. The number of H-pyrrole nitrogens is 1. The van der Waals surface area contributed by atoms with Crippen LogP contribution >= 0.6 is 12.6 Å². The fourth-order valence-electron chi connectivity index (χ4n) is 4.11. The van der Waals surface area contributed by atoms with Gasteiger partial charge in [-0.15, -0.1) is 0 Å². The van der Waals surface area contributed by atoms with Crippen LogP contribution in [0.1, 0.15) is 17.5 Å². The Morgan fingerprint density at radius 3 is 2.02 bits per heavy atom. The summed E-state index contributed by atoms with van der Waals surface area (Å²) in [7, 11) is 0. The summed E-state index contributed by atoms with van der Waals surface area (Å²) in [5.41, 5.74) is 2.58. The number of hydrogen-bond donors (Lipinski definition) is 8. The monoisotopic (exact) mass is 610 g/mol. The highest BCUT2D eigenvalue weighted by molar-refractivity contribution is 7.80. The second-order valence-corrected chi connectivity index (χ2v) is 9.95. The van der Waals surface area contributed by atoms with Crippen LogP contribution in [0.3, 0.4) is 0 Å². The summed E-state index contributed by atoms with van der Waals surface area (Å²) in [6.45, 7) is -1.35. The number of fused-ring (bicyclic) bond motifs is 1. The Hall–Kier alpha value is -4.85. The largest absolute Gasteiger partial charge is 0.480 e. The summed E-state index contributed by atoms with van der Waals surface area (Å²) in [5.74, 6) is -4.41. The first-order chi connectivity index (χ1) is 20.7. The number of hydrogen-bond acceptors (Lipinski definition) is 7. The van der Waals surface area contributed by atoms with Crippen molar-refractivity contribution in [2.24, 2.45) is 0 Å². The third-order valence-corrected chi connectivity index (χ3v) is 6.73. The van der Waals surface area contributed by atoms with Crippen molar-refractivity contribution >= 4 is 59.0 Å². The molecule has 2 aromatic carbocycles. The molecule has 13 nitrogen and oxygen atoms in total. The van der Waals surface area contributed by atoms with E-state index in [4.69, 9.17) is 5.11 Å². The second kappa shape index (κ2) is 16.6. The molecule has 0 aliphatic carbocycles. The Morgan fingerprint density at radius 2 is 1.35 bits per heavy atom. The highest BCUT2D eigenvalue weighted by Gasteiger charge is 2.24. The van der Waals surface area contributed by atoms with Crippen LogP contribution in [-0.2, 0) is 41.6 Å². The van der Waals surface area contributed by atoms with E-state index in [1.807, 2.05) is 54.6 Å². The number of aromatic amines is 1. The van der Waals surface area contributed by atoms with Gasteiger partial charge in [-0.2, -0.15) is 12.6 Å². The number of aliphatic carboxylic acids is 1. The number of thiol groups is 1. The molecule has 3 aromatic rings. The van der Waals surface area contributed by atoms with E-state index in [1.165, 1.54) is 0 Å². The third kappa shape index (κ3) is 10.8. The molecule has 5 amide bonds. The van der Waals surface area contributed by atoms with Gasteiger partial charge in [-0.1, -0.05) is 48.5 Å². The maximum atomic E-state index is 13.1. The molecule has 0 saturated carbocycles. The van der Waals surface area contributed by atoms with Crippen molar-refractivity contribution in [1.29, 1.82) is 0 Å². The van der Waals surface area contributed by atoms with Crippen LogP contribution in [-0.4, -0.2) is 83.1 Å². The van der Waals surface area contributed by atoms with E-state index < -0.39 is 54.8 Å². The number of amides is 5. The van der Waals surface area contributed by atoms with Crippen LogP contribution in [0.4, 0.5) is 0 Å². The van der Waals surface area contributed by atoms with Crippen LogP contribution in [0.2, 0.25) is 0 Å². The number of aryl methyl sites for hydroxylation is 1. The lowest BCUT2D eigenvalue weighted by Gasteiger charge is -2.19. The van der Waals surface area contributed by atoms with E-state index in [9.17, 15) is 28.8 Å². The second-order valence-electron chi connectivity index (χ2n) is 9.58. The Labute approximate surface area is 253 Å². The number of carboxylic acid groups (broad SMARTS) is 1. The molecular weight excluding hydrogens is 576 g/mol. The van der Waals surface area contributed by atoms with Crippen molar-refractivity contribution in [1.82, 2.24) is 31.6 Å². The van der Waals surface area contributed by atoms with Crippen LogP contribution in [0.5, 0.6) is 0 Å². The predicted octanol–water partition coefficient (Wildman–Crippen LogP) is -0.324. The molecule has 0 spiro atoms. The molecule has 1 heterocycles. The minimum Gasteiger partial charge on any atom is -0.480 e. The number of para-hydroxylation sites is 1. The molecular formula is C29H34N6O7S. The molecule has 0 aliphatic heterocycles. The van der Waals surface area contributed by atoms with Gasteiger partial charge in [0, 0.05) is 35.7 Å². The predicted molar refractivity (Wildman–Crippen MR) is 161 cm³/mol. The molecule has 228 valence electrons. The van der Waals surface area contributed by atoms with Crippen molar-refractivity contribution in [2.75, 3.05) is 25.4 Å². The molecule has 0 unspecified atom stereocenters. The standard InChI is InChI=1S/C29H34N6O7S/c36-24(11-10-18-6-2-1-3-7-18)31-15-26(38)34-22(12-19-13-30-21-9-5-4-8-20(19)21)28(40)33-14-25(37)32-16-27(39)35-23(17-43)29(41)42/h1-9,13,22-23,30,43H,10-12,14-17H2,(H,31,36)(H,32,37)(H,33,40)(H,34,38)(H,35,39)(H,41,42)/t22-,23-/m0/s1. The van der Waals surface area contributed by atoms with E-state index in [0.29, 0.717) is 6.42 Å². The van der Waals surface area contributed by atoms with Gasteiger partial charge in [-0.05, 0) is 23.6 Å². The quantitative estimate of drug-likeness (QED) is 0.102. The van der Waals surface area contributed by atoms with Crippen LogP contribution in [0, 0.1) is 0 Å². The number of carbonyl (C=O) groups is 6. The average Bonchev–Trinajstić information content (AvgIpc) is 3.42. The topological polar surface area (TPSA) is 199 Å². The van der Waals surface area contributed by atoms with Crippen molar-refractivity contribution in [3.05, 3.63) is 71.9 Å². The zero-order valence-corrected chi connectivity index (χ0v) is 24.1. The van der Waals surface area contributed by atoms with Crippen LogP contribution < -0.4 is 26.6 Å². The number of aromatic nitrogens is 1. The summed E-state index contributed by atoms with van der Waals surface area (Å²) >= 11 is 3.85. The molecule has 43 heavy (non-hydrogen) atoms. The van der Waals surface area contributed by atoms with Gasteiger partial charge < -0.3 is 36.7 Å². The van der Waals surface area contributed by atoms with Gasteiger partial charge in [0.25, 0.3) is 0 Å². The van der Waals surface area contributed by atoms with Crippen molar-refractivity contribution in [2.45, 2.75) is 31.3 Å². The molecule has 3 rings (SSSR count). The molecule has 0 bridgehead atoms. The van der Waals surface area contributed by atoms with Crippen molar-refractivity contribution in [3.63, 3.8) is 0 Å². The first kappa shape index (κ1) is 32.7. The van der Waals surface area contributed by atoms with Gasteiger partial charge in [0.05, 0.1) is 19.6 Å². The molecule has 2 atom stereocenters. The number of carboxylic acids is 1. The van der Waals surface area contributed by atoms with Gasteiger partial charge >= 0.3 is 5.97 Å². The Kier molecular flexibility index (Phi) is 12.6. The molecule has 0 aliphatic rings. The number of nitrogens with one attached hydrogen (secondary N) is 6. The Bertz CT molecular complexity index is 1450. The molecule has 0 fully saturated rings. The summed E-state index contributed by atoms with van der Waals surface area (Å²) in [6, 6.07) is 14.6. The SMILES string of the molecule is O=C(CCc1ccccc1)NCC(=O)N[C@@H](Cc1c[nH]c2ccccc12)C(=O)NCC(=O)NCC(=O)N[C@@H](CS)C(=O)O. The zero-order valence-electron chi connectivity index (χ0n) is 23.2. The van der Waals surface area contributed by atoms with Gasteiger partial charge in [-0.3, -0.25) is 24.0 Å². The van der Waals surface area contributed by atoms with Gasteiger partial charge in [-0.25, -0.2) is 4.79 Å². The third-order valence-electron chi connectivity index (χ3n) is 6.37. The smallest absolute Gasteiger partial charge is 0.327 e. The first-order valence-electron chi connectivity index (χ1n) is 13.5. The summed E-state index contributed by atoms with van der Waals surface area (Å²) < 4.78 is 0.